The van der Waals surface area contributed by atoms with E-state index in [0.717, 1.165) is 57.6 Å². The van der Waals surface area contributed by atoms with Gasteiger partial charge >= 0.3 is 0 Å². The molecule has 0 radical (unpaired) electrons. The fraction of sp³-hybridized carbons (Fsp3) is 0.933. The Kier molecular flexibility index (Phi) is 11.1. The number of ether oxygens (including phenoxy) is 3. The van der Waals surface area contributed by atoms with Gasteiger partial charge < -0.3 is 24.8 Å². The van der Waals surface area contributed by atoms with Gasteiger partial charge in [0.05, 0.1) is 13.2 Å². The van der Waals surface area contributed by atoms with Gasteiger partial charge in [0.1, 0.15) is 0 Å². The summed E-state index contributed by atoms with van der Waals surface area (Å²) in [6.07, 6.45) is 4.66. The van der Waals surface area contributed by atoms with Crippen molar-refractivity contribution in [1.82, 2.24) is 10.6 Å². The van der Waals surface area contributed by atoms with Gasteiger partial charge in [-0.1, -0.05) is 0 Å². The minimum absolute atomic E-state index is 0.652. The molecule has 0 atom stereocenters. The third-order valence-corrected chi connectivity index (χ3v) is 3.22. The van der Waals surface area contributed by atoms with Crippen molar-refractivity contribution < 1.29 is 14.2 Å². The molecular formula is C15H31N3O3. The molecule has 0 aromatic carbocycles. The maximum absolute atomic E-state index is 5.59. The third kappa shape index (κ3) is 11.5. The van der Waals surface area contributed by atoms with Crippen LogP contribution in [0.3, 0.4) is 0 Å². The van der Waals surface area contributed by atoms with Crippen LogP contribution in [0, 0.1) is 5.92 Å². The van der Waals surface area contributed by atoms with Crippen molar-refractivity contribution in [2.45, 2.75) is 25.7 Å². The van der Waals surface area contributed by atoms with Crippen LogP contribution in [0.1, 0.15) is 25.7 Å². The molecule has 0 saturated heterocycles. The summed E-state index contributed by atoms with van der Waals surface area (Å²) in [5.41, 5.74) is 0. The first-order chi connectivity index (χ1) is 10.4. The second-order valence-corrected chi connectivity index (χ2v) is 5.26. The normalized spacial score (nSPS) is 15.2. The molecule has 1 rings (SSSR count). The maximum atomic E-state index is 5.59. The Labute approximate surface area is 128 Å². The Morgan fingerprint density at radius 2 is 1.67 bits per heavy atom. The molecule has 2 N–H and O–H groups in total. The highest BCUT2D eigenvalue weighted by molar-refractivity contribution is 5.79. The van der Waals surface area contributed by atoms with E-state index >= 15 is 0 Å². The van der Waals surface area contributed by atoms with Gasteiger partial charge in [-0.2, -0.15) is 0 Å². The van der Waals surface area contributed by atoms with E-state index in [1.807, 2.05) is 0 Å². The fourth-order valence-electron chi connectivity index (χ4n) is 1.76. The lowest BCUT2D eigenvalue weighted by atomic mass is 10.4. The Morgan fingerprint density at radius 1 is 1.00 bits per heavy atom. The van der Waals surface area contributed by atoms with E-state index in [4.69, 9.17) is 14.2 Å². The van der Waals surface area contributed by atoms with Gasteiger partial charge in [0.15, 0.2) is 5.96 Å². The van der Waals surface area contributed by atoms with Crippen molar-refractivity contribution in [3.05, 3.63) is 0 Å². The third-order valence-electron chi connectivity index (χ3n) is 3.22. The molecule has 6 heteroatoms. The van der Waals surface area contributed by atoms with Gasteiger partial charge in [0.2, 0.25) is 0 Å². The first-order valence-corrected chi connectivity index (χ1v) is 7.95. The van der Waals surface area contributed by atoms with Crippen molar-refractivity contribution in [2.75, 3.05) is 60.3 Å². The number of hydrogen-bond donors (Lipinski definition) is 2. The molecule has 124 valence electrons. The van der Waals surface area contributed by atoms with Gasteiger partial charge in [0, 0.05) is 47.1 Å². The number of aliphatic imine (C=N–C) groups is 1. The average Bonchev–Trinajstić information content (AvgIpc) is 3.31. The van der Waals surface area contributed by atoms with Crippen LogP contribution in [0.15, 0.2) is 4.99 Å². The lowest BCUT2D eigenvalue weighted by Crippen LogP contribution is -2.38. The van der Waals surface area contributed by atoms with E-state index in [2.05, 4.69) is 15.6 Å². The van der Waals surface area contributed by atoms with Crippen LogP contribution in [0.4, 0.5) is 0 Å². The summed E-state index contributed by atoms with van der Waals surface area (Å²) < 4.78 is 15.9. The standard InChI is InChI=1S/C15H31N3O3/c1-16-15(17-7-3-9-20-12-11-19-2)18-8-4-10-21-13-14-5-6-14/h14H,3-13H2,1-2H3,(H2,16,17,18). The summed E-state index contributed by atoms with van der Waals surface area (Å²) in [5, 5.41) is 6.55. The first-order valence-electron chi connectivity index (χ1n) is 7.95. The molecular weight excluding hydrogens is 270 g/mol. The maximum Gasteiger partial charge on any atom is 0.190 e. The van der Waals surface area contributed by atoms with Crippen LogP contribution >= 0.6 is 0 Å². The first kappa shape index (κ1) is 18.2. The highest BCUT2D eigenvalue weighted by atomic mass is 16.5. The highest BCUT2D eigenvalue weighted by Crippen LogP contribution is 2.28. The molecule has 0 spiro atoms. The lowest BCUT2D eigenvalue weighted by molar-refractivity contribution is 0.0698. The molecule has 1 aliphatic rings. The molecule has 1 aliphatic carbocycles. The minimum Gasteiger partial charge on any atom is -0.382 e. The second kappa shape index (κ2) is 12.9. The quantitative estimate of drug-likeness (QED) is 0.302. The molecule has 21 heavy (non-hydrogen) atoms. The van der Waals surface area contributed by atoms with E-state index in [1.54, 1.807) is 14.2 Å². The van der Waals surface area contributed by atoms with Crippen LogP contribution in [0.5, 0.6) is 0 Å². The SMILES string of the molecule is CN=C(NCCCOCCOC)NCCCOCC1CC1. The number of rotatable bonds is 13. The van der Waals surface area contributed by atoms with Gasteiger partial charge in [-0.15, -0.1) is 0 Å². The average molecular weight is 301 g/mol. The molecule has 0 unspecified atom stereocenters. The molecule has 0 bridgehead atoms. The summed E-state index contributed by atoms with van der Waals surface area (Å²) >= 11 is 0. The molecule has 6 nitrogen and oxygen atoms in total. The zero-order valence-electron chi connectivity index (χ0n) is 13.5. The van der Waals surface area contributed by atoms with E-state index < -0.39 is 0 Å². The van der Waals surface area contributed by atoms with Crippen LogP contribution in [0.25, 0.3) is 0 Å². The predicted molar refractivity (Wildman–Crippen MR) is 84.8 cm³/mol. The highest BCUT2D eigenvalue weighted by Gasteiger charge is 2.20. The molecule has 0 aromatic heterocycles. The second-order valence-electron chi connectivity index (χ2n) is 5.26. The molecule has 0 aliphatic heterocycles. The topological polar surface area (TPSA) is 64.1 Å². The summed E-state index contributed by atoms with van der Waals surface area (Å²) in [5.74, 6) is 1.69. The Morgan fingerprint density at radius 3 is 2.24 bits per heavy atom. The summed E-state index contributed by atoms with van der Waals surface area (Å²) in [6, 6.07) is 0. The van der Waals surface area contributed by atoms with Gasteiger partial charge in [-0.3, -0.25) is 4.99 Å². The molecule has 0 heterocycles. The van der Waals surface area contributed by atoms with Gasteiger partial charge in [-0.25, -0.2) is 0 Å². The fourth-order valence-corrected chi connectivity index (χ4v) is 1.76. The summed E-state index contributed by atoms with van der Waals surface area (Å²) in [4.78, 5) is 4.18. The number of nitrogens with zero attached hydrogens (tertiary/aromatic N) is 1. The van der Waals surface area contributed by atoms with E-state index in [1.165, 1.54) is 12.8 Å². The van der Waals surface area contributed by atoms with Crippen LogP contribution < -0.4 is 10.6 Å². The summed E-state index contributed by atoms with van der Waals surface area (Å²) in [6.45, 7) is 5.55. The zero-order valence-corrected chi connectivity index (χ0v) is 13.5. The van der Waals surface area contributed by atoms with E-state index in [9.17, 15) is 0 Å². The molecule has 0 aromatic rings. The summed E-state index contributed by atoms with van der Waals surface area (Å²) in [7, 11) is 3.46. The number of nitrogens with one attached hydrogen (secondary N) is 2. The van der Waals surface area contributed by atoms with E-state index in [-0.39, 0.29) is 0 Å². The van der Waals surface area contributed by atoms with Crippen LogP contribution in [-0.2, 0) is 14.2 Å². The lowest BCUT2D eigenvalue weighted by Gasteiger charge is -2.12. The molecule has 1 saturated carbocycles. The van der Waals surface area contributed by atoms with Gasteiger partial charge in [0.25, 0.3) is 0 Å². The largest absolute Gasteiger partial charge is 0.382 e. The van der Waals surface area contributed by atoms with Crippen molar-refractivity contribution >= 4 is 5.96 Å². The van der Waals surface area contributed by atoms with Crippen molar-refractivity contribution in [3.8, 4) is 0 Å². The molecule has 0 amide bonds. The smallest absolute Gasteiger partial charge is 0.190 e. The van der Waals surface area contributed by atoms with Crippen molar-refractivity contribution in [3.63, 3.8) is 0 Å². The monoisotopic (exact) mass is 301 g/mol. The Hall–Kier alpha value is -0.850. The Bertz CT molecular complexity index is 271. The molecule has 1 fully saturated rings. The van der Waals surface area contributed by atoms with Crippen LogP contribution in [-0.4, -0.2) is 66.2 Å². The van der Waals surface area contributed by atoms with Crippen molar-refractivity contribution in [2.24, 2.45) is 10.9 Å². The van der Waals surface area contributed by atoms with Crippen molar-refractivity contribution in [1.29, 1.82) is 0 Å². The number of methoxy groups -OCH3 is 1. The van der Waals surface area contributed by atoms with Crippen LogP contribution in [0.2, 0.25) is 0 Å². The predicted octanol–water partition coefficient (Wildman–Crippen LogP) is 1.02. The Balaban J connectivity index is 1.84. The zero-order chi connectivity index (χ0) is 15.2. The van der Waals surface area contributed by atoms with Gasteiger partial charge in [-0.05, 0) is 31.6 Å². The minimum atomic E-state index is 0.652. The van der Waals surface area contributed by atoms with E-state index in [0.29, 0.717) is 13.2 Å². The number of guanidine groups is 1. The number of hydrogen-bond acceptors (Lipinski definition) is 4.